The monoisotopic (exact) mass is 160 g/mol. The van der Waals surface area contributed by atoms with E-state index in [9.17, 15) is 5.11 Å². The molecule has 0 aromatic rings. The van der Waals surface area contributed by atoms with Crippen molar-refractivity contribution in [1.82, 2.24) is 5.32 Å². The molecule has 0 aliphatic rings. The summed E-state index contributed by atoms with van der Waals surface area (Å²) in [5.41, 5.74) is 0. The Morgan fingerprint density at radius 2 is 2.09 bits per heavy atom. The highest BCUT2D eigenvalue weighted by Crippen LogP contribution is 1.99. The second kappa shape index (κ2) is 6.58. The van der Waals surface area contributed by atoms with Gasteiger partial charge in [0.05, 0.1) is 13.2 Å². The maximum atomic E-state index is 10.1. The molecule has 0 spiro atoms. The first-order valence-electron chi connectivity index (χ1n) is 4.14. The van der Waals surface area contributed by atoms with Crippen molar-refractivity contribution in [2.24, 2.45) is 5.92 Å². The highest BCUT2D eigenvalue weighted by atomic mass is 16.3. The van der Waals surface area contributed by atoms with Crippen LogP contribution in [0.25, 0.3) is 0 Å². The van der Waals surface area contributed by atoms with E-state index in [0.717, 1.165) is 0 Å². The molecule has 0 aromatic heterocycles. The van der Waals surface area contributed by atoms with Crippen molar-refractivity contribution in [1.29, 1.82) is 0 Å². The lowest BCUT2D eigenvalue weighted by molar-refractivity contribution is 0.176. The summed E-state index contributed by atoms with van der Waals surface area (Å²) < 4.78 is 0. The van der Waals surface area contributed by atoms with Gasteiger partial charge >= 0.3 is 0 Å². The summed E-state index contributed by atoms with van der Waals surface area (Å²) in [6, 6.07) is 0.140. The van der Waals surface area contributed by atoms with Gasteiger partial charge in [-0.3, -0.25) is 0 Å². The van der Waals surface area contributed by atoms with Crippen molar-refractivity contribution in [2.75, 3.05) is 19.8 Å². The molecule has 1 unspecified atom stereocenters. The minimum Gasteiger partial charge on any atom is -0.395 e. The molecular formula is C8H18NO2. The average molecular weight is 160 g/mol. The van der Waals surface area contributed by atoms with Gasteiger partial charge in [0.15, 0.2) is 0 Å². The second-order valence-electron chi connectivity index (χ2n) is 3.04. The van der Waals surface area contributed by atoms with E-state index >= 15 is 0 Å². The Hall–Kier alpha value is -0.120. The molecular weight excluding hydrogens is 142 g/mol. The Kier molecular flexibility index (Phi) is 6.51. The van der Waals surface area contributed by atoms with Crippen LogP contribution in [0.5, 0.6) is 0 Å². The Bertz CT molecular complexity index is 86.2. The Balaban J connectivity index is 3.36. The lowest BCUT2D eigenvalue weighted by atomic mass is 10.1. The zero-order valence-electron chi connectivity index (χ0n) is 7.34. The highest BCUT2D eigenvalue weighted by Gasteiger charge is 2.09. The third-order valence-corrected chi connectivity index (χ3v) is 1.73. The summed E-state index contributed by atoms with van der Waals surface area (Å²) in [5.74, 6) is 0.423. The molecule has 0 aliphatic heterocycles. The smallest absolute Gasteiger partial charge is 0.0834 e. The van der Waals surface area contributed by atoms with Crippen molar-refractivity contribution in [3.05, 3.63) is 0 Å². The highest BCUT2D eigenvalue weighted by molar-refractivity contribution is 4.68. The normalized spacial score (nSPS) is 13.9. The maximum absolute atomic E-state index is 10.1. The van der Waals surface area contributed by atoms with Crippen LogP contribution < -0.4 is 5.32 Å². The summed E-state index contributed by atoms with van der Waals surface area (Å²) >= 11 is 0. The van der Waals surface area contributed by atoms with E-state index in [1.807, 2.05) is 13.8 Å². The van der Waals surface area contributed by atoms with Gasteiger partial charge in [-0.25, -0.2) is 5.11 Å². The maximum Gasteiger partial charge on any atom is 0.0834 e. The first kappa shape index (κ1) is 10.9. The van der Waals surface area contributed by atoms with Gasteiger partial charge in [-0.15, -0.1) is 0 Å². The fourth-order valence-electron chi connectivity index (χ4n) is 0.871. The van der Waals surface area contributed by atoms with E-state index in [4.69, 9.17) is 5.11 Å². The van der Waals surface area contributed by atoms with Gasteiger partial charge in [0.2, 0.25) is 0 Å². The Morgan fingerprint density at radius 1 is 1.45 bits per heavy atom. The summed E-state index contributed by atoms with van der Waals surface area (Å²) in [6.45, 7) is 4.92. The molecule has 11 heavy (non-hydrogen) atoms. The molecule has 2 N–H and O–H groups in total. The van der Waals surface area contributed by atoms with Gasteiger partial charge in [0, 0.05) is 6.04 Å². The fraction of sp³-hybridized carbons (Fsp3) is 1.00. The predicted molar refractivity (Wildman–Crippen MR) is 43.9 cm³/mol. The van der Waals surface area contributed by atoms with Crippen molar-refractivity contribution >= 4 is 0 Å². The SMILES string of the molecule is CC(C)C(CO)NCCC[O]. The third kappa shape index (κ3) is 5.18. The van der Waals surface area contributed by atoms with Crippen LogP contribution in [0.2, 0.25) is 0 Å². The molecule has 0 aliphatic carbocycles. The van der Waals surface area contributed by atoms with Crippen LogP contribution >= 0.6 is 0 Å². The zero-order chi connectivity index (χ0) is 8.69. The first-order chi connectivity index (χ1) is 5.22. The molecule has 0 amide bonds. The molecule has 0 rings (SSSR count). The topological polar surface area (TPSA) is 52.2 Å². The summed E-state index contributed by atoms with van der Waals surface area (Å²) in [7, 11) is 0. The quantitative estimate of drug-likeness (QED) is 0.553. The fourth-order valence-corrected chi connectivity index (χ4v) is 0.871. The van der Waals surface area contributed by atoms with E-state index in [2.05, 4.69) is 5.32 Å². The standard InChI is InChI=1S/C8H18NO2/c1-7(2)8(6-11)9-4-3-5-10/h7-9,11H,3-6H2,1-2H3. The molecule has 0 aromatic carbocycles. The molecule has 0 heterocycles. The largest absolute Gasteiger partial charge is 0.395 e. The number of aliphatic hydroxyl groups is 1. The molecule has 0 saturated heterocycles. The van der Waals surface area contributed by atoms with Gasteiger partial charge in [0.1, 0.15) is 0 Å². The minimum atomic E-state index is -0.0384. The van der Waals surface area contributed by atoms with Crippen LogP contribution in [0.4, 0.5) is 0 Å². The van der Waals surface area contributed by atoms with Crippen LogP contribution in [0.3, 0.4) is 0 Å². The molecule has 0 fully saturated rings. The third-order valence-electron chi connectivity index (χ3n) is 1.73. The van der Waals surface area contributed by atoms with Crippen molar-refractivity contribution in [3.63, 3.8) is 0 Å². The first-order valence-corrected chi connectivity index (χ1v) is 4.14. The molecule has 1 radical (unpaired) electrons. The summed E-state index contributed by atoms with van der Waals surface area (Å²) in [5, 5.41) is 22.0. The van der Waals surface area contributed by atoms with E-state index in [1.165, 1.54) is 0 Å². The van der Waals surface area contributed by atoms with Crippen LogP contribution in [-0.4, -0.2) is 30.9 Å². The van der Waals surface area contributed by atoms with Crippen molar-refractivity contribution < 1.29 is 10.2 Å². The van der Waals surface area contributed by atoms with E-state index in [0.29, 0.717) is 18.9 Å². The van der Waals surface area contributed by atoms with E-state index in [1.54, 1.807) is 0 Å². The number of nitrogens with one attached hydrogen (secondary N) is 1. The number of aliphatic hydroxyl groups excluding tert-OH is 1. The Morgan fingerprint density at radius 3 is 2.45 bits per heavy atom. The summed E-state index contributed by atoms with van der Waals surface area (Å²) in [4.78, 5) is 0. The molecule has 0 saturated carbocycles. The number of rotatable bonds is 6. The molecule has 0 bridgehead atoms. The zero-order valence-corrected chi connectivity index (χ0v) is 7.34. The van der Waals surface area contributed by atoms with Crippen LogP contribution in [0, 0.1) is 5.92 Å². The molecule has 1 atom stereocenters. The second-order valence-corrected chi connectivity index (χ2v) is 3.04. The van der Waals surface area contributed by atoms with Crippen LogP contribution in [-0.2, 0) is 5.11 Å². The van der Waals surface area contributed by atoms with Crippen LogP contribution in [0.15, 0.2) is 0 Å². The van der Waals surface area contributed by atoms with Crippen molar-refractivity contribution in [3.8, 4) is 0 Å². The average Bonchev–Trinajstić information content (AvgIpc) is 1.97. The van der Waals surface area contributed by atoms with Gasteiger partial charge < -0.3 is 10.4 Å². The summed E-state index contributed by atoms with van der Waals surface area (Å²) in [6.07, 6.45) is 0.642. The van der Waals surface area contributed by atoms with Crippen molar-refractivity contribution in [2.45, 2.75) is 26.3 Å². The van der Waals surface area contributed by atoms with E-state index < -0.39 is 0 Å². The minimum absolute atomic E-state index is 0.0384. The van der Waals surface area contributed by atoms with Gasteiger partial charge in [-0.2, -0.15) is 0 Å². The molecule has 3 nitrogen and oxygen atoms in total. The van der Waals surface area contributed by atoms with Gasteiger partial charge in [-0.1, -0.05) is 13.8 Å². The van der Waals surface area contributed by atoms with Gasteiger partial charge in [-0.05, 0) is 18.9 Å². The lowest BCUT2D eigenvalue weighted by Crippen LogP contribution is -2.37. The van der Waals surface area contributed by atoms with E-state index in [-0.39, 0.29) is 19.3 Å². The number of hydrogen-bond acceptors (Lipinski definition) is 2. The van der Waals surface area contributed by atoms with Gasteiger partial charge in [0.25, 0.3) is 0 Å². The number of hydrogen-bond donors (Lipinski definition) is 2. The Labute approximate surface area is 68.4 Å². The van der Waals surface area contributed by atoms with Crippen LogP contribution in [0.1, 0.15) is 20.3 Å². The lowest BCUT2D eigenvalue weighted by Gasteiger charge is -2.19. The molecule has 67 valence electrons. The molecule has 3 heteroatoms. The predicted octanol–water partition coefficient (Wildman–Crippen LogP) is 0.413.